The van der Waals surface area contributed by atoms with Crippen molar-refractivity contribution >= 4 is 11.8 Å². The van der Waals surface area contributed by atoms with Gasteiger partial charge in [-0.2, -0.15) is 0 Å². The van der Waals surface area contributed by atoms with E-state index in [0.29, 0.717) is 36.1 Å². The quantitative estimate of drug-likeness (QED) is 0.654. The van der Waals surface area contributed by atoms with Crippen LogP contribution in [-0.2, 0) is 12.8 Å². The van der Waals surface area contributed by atoms with Gasteiger partial charge in [-0.15, -0.1) is 0 Å². The number of primary amides is 1. The Morgan fingerprint density at radius 3 is 2.62 bits per heavy atom. The second kappa shape index (κ2) is 8.26. The van der Waals surface area contributed by atoms with Gasteiger partial charge in [0.15, 0.2) is 5.69 Å². The summed E-state index contributed by atoms with van der Waals surface area (Å²) in [6.07, 6.45) is 4.27. The summed E-state index contributed by atoms with van der Waals surface area (Å²) in [5, 5.41) is 4.12. The summed E-state index contributed by atoms with van der Waals surface area (Å²) >= 11 is 0. The number of carbonyl (C=O) groups is 2. The first-order valence-electron chi connectivity index (χ1n) is 11.2. The number of nitrogens with zero attached hydrogens (tertiary/aromatic N) is 3. The average molecular weight is 434 g/mol. The Balaban J connectivity index is 1.31. The number of hydrogen-bond donors (Lipinski definition) is 2. The zero-order valence-electron chi connectivity index (χ0n) is 18.1. The van der Waals surface area contributed by atoms with Crippen LogP contribution in [0.25, 0.3) is 11.3 Å². The lowest BCUT2D eigenvalue weighted by atomic mass is 9.88. The molecule has 1 aliphatic heterocycles. The van der Waals surface area contributed by atoms with E-state index in [0.717, 1.165) is 54.8 Å². The number of fused-ring (bicyclic) bond motifs is 1. The van der Waals surface area contributed by atoms with Crippen LogP contribution in [0.2, 0.25) is 0 Å². The molecule has 1 atom stereocenters. The summed E-state index contributed by atoms with van der Waals surface area (Å²) < 4.78 is 5.46. The van der Waals surface area contributed by atoms with Crippen molar-refractivity contribution in [2.45, 2.75) is 44.9 Å². The van der Waals surface area contributed by atoms with Crippen molar-refractivity contribution in [3.05, 3.63) is 58.9 Å². The Labute approximate surface area is 186 Å². The van der Waals surface area contributed by atoms with Gasteiger partial charge >= 0.3 is 0 Å². The smallest absolute Gasteiger partial charge is 0.276 e. The third-order valence-corrected chi connectivity index (χ3v) is 6.67. The molecule has 8 heteroatoms. The van der Waals surface area contributed by atoms with Crippen LogP contribution >= 0.6 is 0 Å². The predicted molar refractivity (Wildman–Crippen MR) is 118 cm³/mol. The lowest BCUT2D eigenvalue weighted by molar-refractivity contribution is 0.0699. The third kappa shape index (κ3) is 3.70. The van der Waals surface area contributed by atoms with Gasteiger partial charge in [0.2, 0.25) is 0 Å². The first-order chi connectivity index (χ1) is 15.5. The van der Waals surface area contributed by atoms with E-state index in [1.807, 2.05) is 35.2 Å². The maximum Gasteiger partial charge on any atom is 0.276 e. The summed E-state index contributed by atoms with van der Waals surface area (Å²) in [4.78, 5) is 34.8. The molecule has 1 fully saturated rings. The molecule has 0 radical (unpaired) electrons. The average Bonchev–Trinajstić information content (AvgIpc) is 3.44. The lowest BCUT2D eigenvalue weighted by Gasteiger charge is -2.31. The molecule has 1 aliphatic carbocycles. The fourth-order valence-electron chi connectivity index (χ4n) is 4.82. The molecule has 1 aromatic carbocycles. The molecule has 166 valence electrons. The number of carbonyl (C=O) groups excluding carboxylic acids is 2. The molecule has 1 saturated heterocycles. The molecular formula is C24H27N5O3. The largest absolute Gasteiger partial charge is 0.364 e. The highest BCUT2D eigenvalue weighted by atomic mass is 16.5. The molecule has 2 aliphatic rings. The van der Waals surface area contributed by atoms with Gasteiger partial charge in [-0.3, -0.25) is 9.59 Å². The maximum absolute atomic E-state index is 13.1. The van der Waals surface area contributed by atoms with Crippen LogP contribution in [0.3, 0.4) is 0 Å². The second-order valence-corrected chi connectivity index (χ2v) is 8.92. The number of imidazole rings is 1. The first kappa shape index (κ1) is 20.5. The second-order valence-electron chi connectivity index (χ2n) is 8.92. The number of nitrogens with one attached hydrogen (secondary N) is 1. The van der Waals surface area contributed by atoms with Crippen LogP contribution < -0.4 is 5.73 Å². The third-order valence-electron chi connectivity index (χ3n) is 6.67. The number of likely N-dealkylation sites (tertiary alicyclic amines) is 1. The van der Waals surface area contributed by atoms with Crippen molar-refractivity contribution in [1.82, 2.24) is 20.0 Å². The zero-order chi connectivity index (χ0) is 22.2. The standard InChI is InChI=1S/C24H27N5O3/c1-14-7-8-18-17(13-14)20(28-32-18)24(31)29-11-9-16(10-12-29)23-26-19(21(27-23)22(25)30)15-5-3-2-4-6-15/h2-6,14,16H,7-13H2,1H3,(H2,25,30)(H,26,27)/t14-/m1/s1. The van der Waals surface area contributed by atoms with E-state index in [4.69, 9.17) is 15.2 Å². The lowest BCUT2D eigenvalue weighted by Crippen LogP contribution is -2.38. The van der Waals surface area contributed by atoms with Crippen LogP contribution in [0, 0.1) is 5.92 Å². The molecular weight excluding hydrogens is 406 g/mol. The van der Waals surface area contributed by atoms with E-state index in [-0.39, 0.29) is 11.8 Å². The number of nitrogens with two attached hydrogens (primary N) is 1. The number of aryl methyl sites for hydroxylation is 1. The molecule has 3 N–H and O–H groups in total. The Morgan fingerprint density at radius 1 is 1.16 bits per heavy atom. The molecule has 32 heavy (non-hydrogen) atoms. The van der Waals surface area contributed by atoms with Gasteiger partial charge in [-0.25, -0.2) is 4.98 Å². The summed E-state index contributed by atoms with van der Waals surface area (Å²) in [6, 6.07) is 9.55. The van der Waals surface area contributed by atoms with E-state index in [1.165, 1.54) is 0 Å². The number of rotatable bonds is 4. The van der Waals surface area contributed by atoms with Gasteiger partial charge in [0.25, 0.3) is 11.8 Å². The maximum atomic E-state index is 13.1. The summed E-state index contributed by atoms with van der Waals surface area (Å²) in [6.45, 7) is 3.41. The molecule has 3 heterocycles. The molecule has 0 saturated carbocycles. The number of H-pyrrole nitrogens is 1. The predicted octanol–water partition coefficient (Wildman–Crippen LogP) is 3.31. The fourth-order valence-corrected chi connectivity index (χ4v) is 4.82. The normalized spacial score (nSPS) is 19.0. The van der Waals surface area contributed by atoms with Crippen LogP contribution in [0.4, 0.5) is 0 Å². The SMILES string of the molecule is C[C@@H]1CCc2onc(C(=O)N3CCC(c4nc(-c5ccccc5)c(C(N)=O)[nH]4)CC3)c2C1. The number of benzene rings is 1. The Hall–Kier alpha value is -3.42. The zero-order valence-corrected chi connectivity index (χ0v) is 18.1. The molecule has 2 aromatic heterocycles. The highest BCUT2D eigenvalue weighted by Crippen LogP contribution is 2.32. The van der Waals surface area contributed by atoms with E-state index in [1.54, 1.807) is 0 Å². The molecule has 8 nitrogen and oxygen atoms in total. The monoisotopic (exact) mass is 433 g/mol. The number of piperidine rings is 1. The number of hydrogen-bond acceptors (Lipinski definition) is 5. The van der Waals surface area contributed by atoms with Gasteiger partial charge in [-0.05, 0) is 31.6 Å². The molecule has 2 amide bonds. The molecule has 5 rings (SSSR count). The van der Waals surface area contributed by atoms with Crippen molar-refractivity contribution in [2.24, 2.45) is 11.7 Å². The van der Waals surface area contributed by atoms with Gasteiger partial charge in [0.1, 0.15) is 23.0 Å². The number of aromatic amines is 1. The van der Waals surface area contributed by atoms with Crippen LogP contribution in [0.1, 0.15) is 70.2 Å². The van der Waals surface area contributed by atoms with Crippen molar-refractivity contribution in [1.29, 1.82) is 0 Å². The summed E-state index contributed by atoms with van der Waals surface area (Å²) in [5.41, 5.74) is 8.82. The Kier molecular flexibility index (Phi) is 5.28. The van der Waals surface area contributed by atoms with Crippen molar-refractivity contribution in [3.63, 3.8) is 0 Å². The molecule has 0 bridgehead atoms. The van der Waals surface area contributed by atoms with Crippen molar-refractivity contribution < 1.29 is 14.1 Å². The number of aromatic nitrogens is 3. The summed E-state index contributed by atoms with van der Waals surface area (Å²) in [7, 11) is 0. The number of amides is 2. The minimum atomic E-state index is -0.528. The topological polar surface area (TPSA) is 118 Å². The first-order valence-corrected chi connectivity index (χ1v) is 11.2. The highest BCUT2D eigenvalue weighted by molar-refractivity contribution is 5.97. The van der Waals surface area contributed by atoms with E-state index in [2.05, 4.69) is 17.1 Å². The van der Waals surface area contributed by atoms with Crippen LogP contribution in [-0.4, -0.2) is 44.9 Å². The van der Waals surface area contributed by atoms with Gasteiger partial charge < -0.3 is 20.1 Å². The van der Waals surface area contributed by atoms with Crippen LogP contribution in [0.5, 0.6) is 0 Å². The van der Waals surface area contributed by atoms with Gasteiger partial charge in [0.05, 0.1) is 0 Å². The van der Waals surface area contributed by atoms with Gasteiger partial charge in [-0.1, -0.05) is 42.4 Å². The molecule has 0 spiro atoms. The van der Waals surface area contributed by atoms with Crippen molar-refractivity contribution in [3.8, 4) is 11.3 Å². The minimum absolute atomic E-state index is 0.0511. The highest BCUT2D eigenvalue weighted by Gasteiger charge is 2.32. The summed E-state index contributed by atoms with van der Waals surface area (Å²) in [5.74, 6) is 1.70. The van der Waals surface area contributed by atoms with Gasteiger partial charge in [0, 0.05) is 36.6 Å². The van der Waals surface area contributed by atoms with Crippen LogP contribution in [0.15, 0.2) is 34.9 Å². The van der Waals surface area contributed by atoms with Crippen molar-refractivity contribution in [2.75, 3.05) is 13.1 Å². The molecule has 3 aromatic rings. The van der Waals surface area contributed by atoms with E-state index in [9.17, 15) is 9.59 Å². The molecule has 0 unspecified atom stereocenters. The minimum Gasteiger partial charge on any atom is -0.364 e. The van der Waals surface area contributed by atoms with E-state index >= 15 is 0 Å². The Bertz CT molecular complexity index is 1140. The Morgan fingerprint density at radius 2 is 1.91 bits per heavy atom. The fraction of sp³-hybridized carbons (Fsp3) is 0.417. The van der Waals surface area contributed by atoms with E-state index < -0.39 is 5.91 Å².